The van der Waals surface area contributed by atoms with Gasteiger partial charge in [0.05, 0.1) is 11.4 Å². The third-order valence-electron chi connectivity index (χ3n) is 4.93. The minimum Gasteiger partial charge on any atom is -0.324 e. The van der Waals surface area contributed by atoms with Gasteiger partial charge in [-0.2, -0.15) is 4.80 Å². The molecule has 172 valence electrons. The van der Waals surface area contributed by atoms with Crippen LogP contribution in [0, 0.1) is 0 Å². The molecular weight excluding hydrogens is 448 g/mol. The largest absolute Gasteiger partial charge is 0.324 e. The van der Waals surface area contributed by atoms with Gasteiger partial charge >= 0.3 is 0 Å². The SMILES string of the molecule is O=C(Cn1nnc(-c2ccccc2NC(=O)c2cccc(-n3cnnn3)c2)n1)Nc1ccccc1. The van der Waals surface area contributed by atoms with Crippen molar-refractivity contribution in [2.45, 2.75) is 6.54 Å². The molecule has 0 aliphatic carbocycles. The predicted octanol–water partition coefficient (Wildman–Crippen LogP) is 2.21. The minimum absolute atomic E-state index is 0.111. The summed E-state index contributed by atoms with van der Waals surface area (Å²) in [5.41, 5.74) is 2.80. The van der Waals surface area contributed by atoms with Gasteiger partial charge in [-0.25, -0.2) is 4.68 Å². The van der Waals surface area contributed by atoms with Crippen LogP contribution in [0.25, 0.3) is 17.1 Å². The second kappa shape index (κ2) is 9.70. The number of benzene rings is 3. The second-order valence-corrected chi connectivity index (χ2v) is 7.36. The van der Waals surface area contributed by atoms with E-state index >= 15 is 0 Å². The van der Waals surface area contributed by atoms with Crippen molar-refractivity contribution in [3.63, 3.8) is 0 Å². The molecule has 0 bridgehead atoms. The van der Waals surface area contributed by atoms with E-state index in [9.17, 15) is 9.59 Å². The molecule has 5 aromatic rings. The van der Waals surface area contributed by atoms with E-state index < -0.39 is 0 Å². The third kappa shape index (κ3) is 5.06. The first-order chi connectivity index (χ1) is 17.2. The number of amides is 2. The standard InChI is InChI=1S/C23H18N10O2/c34-21(25-17-8-2-1-3-9-17)14-33-28-22(27-30-33)19-11-4-5-12-20(19)26-23(35)16-7-6-10-18(13-16)32-15-24-29-31-32/h1-13,15H,14H2,(H,25,34)(H,26,35). The highest BCUT2D eigenvalue weighted by molar-refractivity contribution is 6.06. The second-order valence-electron chi connectivity index (χ2n) is 7.36. The number of tetrazole rings is 2. The zero-order valence-corrected chi connectivity index (χ0v) is 18.2. The maximum absolute atomic E-state index is 13.0. The van der Waals surface area contributed by atoms with Crippen molar-refractivity contribution in [3.8, 4) is 17.1 Å². The Balaban J connectivity index is 1.31. The smallest absolute Gasteiger partial charge is 0.255 e. The van der Waals surface area contributed by atoms with Gasteiger partial charge in [0.15, 0.2) is 0 Å². The molecule has 2 N–H and O–H groups in total. The summed E-state index contributed by atoms with van der Waals surface area (Å²) in [5, 5.41) is 29.1. The van der Waals surface area contributed by atoms with E-state index in [-0.39, 0.29) is 24.2 Å². The fraction of sp³-hybridized carbons (Fsp3) is 0.0435. The summed E-state index contributed by atoms with van der Waals surface area (Å²) < 4.78 is 1.46. The first kappa shape index (κ1) is 21.6. The van der Waals surface area contributed by atoms with E-state index in [0.717, 1.165) is 0 Å². The Morgan fingerprint density at radius 2 is 1.69 bits per heavy atom. The Morgan fingerprint density at radius 3 is 2.51 bits per heavy atom. The van der Waals surface area contributed by atoms with Gasteiger partial charge in [0, 0.05) is 16.8 Å². The monoisotopic (exact) mass is 466 g/mol. The highest BCUT2D eigenvalue weighted by Gasteiger charge is 2.15. The van der Waals surface area contributed by atoms with E-state index in [1.165, 1.54) is 15.8 Å². The lowest BCUT2D eigenvalue weighted by molar-refractivity contribution is -0.117. The van der Waals surface area contributed by atoms with Crippen molar-refractivity contribution in [2.75, 3.05) is 10.6 Å². The number of aromatic nitrogens is 8. The summed E-state index contributed by atoms with van der Waals surface area (Å²) in [6.07, 6.45) is 1.45. The van der Waals surface area contributed by atoms with Crippen molar-refractivity contribution in [1.29, 1.82) is 0 Å². The summed E-state index contributed by atoms with van der Waals surface area (Å²) in [5.74, 6) is -0.345. The molecule has 12 nitrogen and oxygen atoms in total. The molecular formula is C23H18N10O2. The van der Waals surface area contributed by atoms with Crippen LogP contribution in [0.1, 0.15) is 10.4 Å². The molecule has 0 saturated heterocycles. The lowest BCUT2D eigenvalue weighted by atomic mass is 10.1. The summed E-state index contributed by atoms with van der Waals surface area (Å²) in [7, 11) is 0. The number of nitrogens with one attached hydrogen (secondary N) is 2. The van der Waals surface area contributed by atoms with Crippen LogP contribution in [-0.2, 0) is 11.3 Å². The Bertz CT molecular complexity index is 1460. The van der Waals surface area contributed by atoms with Crippen LogP contribution in [0.15, 0.2) is 85.2 Å². The summed E-state index contributed by atoms with van der Waals surface area (Å²) in [6.45, 7) is -0.111. The topological polar surface area (TPSA) is 145 Å². The Labute approximate surface area is 198 Å². The Morgan fingerprint density at radius 1 is 0.857 bits per heavy atom. The lowest BCUT2D eigenvalue weighted by Gasteiger charge is -2.09. The highest BCUT2D eigenvalue weighted by Crippen LogP contribution is 2.25. The summed E-state index contributed by atoms with van der Waals surface area (Å²) >= 11 is 0. The molecule has 35 heavy (non-hydrogen) atoms. The number of hydrogen-bond acceptors (Lipinski definition) is 8. The zero-order chi connectivity index (χ0) is 24.0. The Hall–Kier alpha value is -5.26. The average molecular weight is 466 g/mol. The molecule has 0 unspecified atom stereocenters. The molecule has 0 radical (unpaired) electrons. The molecule has 0 fully saturated rings. The quantitative estimate of drug-likeness (QED) is 0.371. The van der Waals surface area contributed by atoms with Crippen molar-refractivity contribution in [1.82, 2.24) is 40.4 Å². The van der Waals surface area contributed by atoms with Gasteiger partial charge in [-0.15, -0.1) is 15.3 Å². The van der Waals surface area contributed by atoms with Crippen LogP contribution < -0.4 is 10.6 Å². The van der Waals surface area contributed by atoms with Gasteiger partial charge < -0.3 is 10.6 Å². The van der Waals surface area contributed by atoms with E-state index in [1.54, 1.807) is 60.7 Å². The van der Waals surface area contributed by atoms with Crippen molar-refractivity contribution >= 4 is 23.2 Å². The van der Waals surface area contributed by atoms with E-state index in [1.807, 2.05) is 18.2 Å². The van der Waals surface area contributed by atoms with Crippen LogP contribution in [0.3, 0.4) is 0 Å². The van der Waals surface area contributed by atoms with Gasteiger partial charge in [0.25, 0.3) is 5.91 Å². The fourth-order valence-corrected chi connectivity index (χ4v) is 3.32. The van der Waals surface area contributed by atoms with Crippen molar-refractivity contribution < 1.29 is 9.59 Å². The molecule has 2 amide bonds. The van der Waals surface area contributed by atoms with E-state index in [0.29, 0.717) is 28.2 Å². The molecule has 5 rings (SSSR count). The molecule has 0 aliphatic rings. The lowest BCUT2D eigenvalue weighted by Crippen LogP contribution is -2.20. The summed E-state index contributed by atoms with van der Waals surface area (Å²) in [4.78, 5) is 26.5. The van der Waals surface area contributed by atoms with Crippen LogP contribution in [0.2, 0.25) is 0 Å². The van der Waals surface area contributed by atoms with Crippen LogP contribution in [0.4, 0.5) is 11.4 Å². The maximum atomic E-state index is 13.0. The predicted molar refractivity (Wildman–Crippen MR) is 125 cm³/mol. The van der Waals surface area contributed by atoms with Crippen molar-refractivity contribution in [3.05, 3.63) is 90.8 Å². The highest BCUT2D eigenvalue weighted by atomic mass is 16.2. The van der Waals surface area contributed by atoms with Crippen LogP contribution >= 0.6 is 0 Å². The zero-order valence-electron chi connectivity index (χ0n) is 18.2. The Kier molecular flexibility index (Phi) is 5.98. The molecule has 0 atom stereocenters. The normalized spacial score (nSPS) is 10.6. The number of anilines is 2. The van der Waals surface area contributed by atoms with E-state index in [2.05, 4.69) is 41.6 Å². The number of rotatable bonds is 7. The van der Waals surface area contributed by atoms with Gasteiger partial charge in [-0.05, 0) is 58.1 Å². The molecule has 0 saturated carbocycles. The molecule has 2 aromatic heterocycles. The molecule has 0 spiro atoms. The number of nitrogens with zero attached hydrogens (tertiary/aromatic N) is 8. The average Bonchev–Trinajstić information content (AvgIpc) is 3.58. The van der Waals surface area contributed by atoms with Crippen molar-refractivity contribution in [2.24, 2.45) is 0 Å². The number of carbonyl (C=O) groups is 2. The number of hydrogen-bond donors (Lipinski definition) is 2. The number of carbonyl (C=O) groups excluding carboxylic acids is 2. The van der Waals surface area contributed by atoms with Gasteiger partial charge in [-0.1, -0.05) is 36.4 Å². The molecule has 0 aliphatic heterocycles. The van der Waals surface area contributed by atoms with Gasteiger partial charge in [0.2, 0.25) is 11.7 Å². The van der Waals surface area contributed by atoms with Gasteiger partial charge in [0.1, 0.15) is 12.9 Å². The van der Waals surface area contributed by atoms with E-state index in [4.69, 9.17) is 0 Å². The molecule has 3 aromatic carbocycles. The first-order valence-electron chi connectivity index (χ1n) is 10.5. The molecule has 2 heterocycles. The van der Waals surface area contributed by atoms with Crippen LogP contribution in [-0.4, -0.2) is 52.2 Å². The summed E-state index contributed by atoms with van der Waals surface area (Å²) in [6, 6.07) is 23.1. The van der Waals surface area contributed by atoms with Gasteiger partial charge in [-0.3, -0.25) is 9.59 Å². The number of para-hydroxylation sites is 2. The third-order valence-corrected chi connectivity index (χ3v) is 4.93. The van der Waals surface area contributed by atoms with Crippen LogP contribution in [0.5, 0.6) is 0 Å². The molecule has 12 heteroatoms. The first-order valence-corrected chi connectivity index (χ1v) is 10.5. The minimum atomic E-state index is -0.331. The maximum Gasteiger partial charge on any atom is 0.255 e. The fourth-order valence-electron chi connectivity index (χ4n) is 3.32.